The van der Waals surface area contributed by atoms with E-state index in [1.165, 1.54) is 12.8 Å². The van der Waals surface area contributed by atoms with Crippen molar-refractivity contribution in [2.24, 2.45) is 17.8 Å². The quantitative estimate of drug-likeness (QED) is 0.477. The van der Waals surface area contributed by atoms with Crippen molar-refractivity contribution in [3.63, 3.8) is 0 Å². The van der Waals surface area contributed by atoms with Gasteiger partial charge in [0.05, 0.1) is 16.1 Å². The topological polar surface area (TPSA) is 0 Å². The van der Waals surface area contributed by atoms with E-state index in [4.69, 9.17) is 0 Å². The molecule has 0 aromatic carbocycles. The zero-order valence-corrected chi connectivity index (χ0v) is 15.3. The molecular weight excluding hydrogens is 248 g/mol. The zero-order chi connectivity index (χ0) is 13.7. The molecule has 0 radical (unpaired) electrons. The Balaban J connectivity index is 2.59. The first-order chi connectivity index (χ1) is 8.12. The molecule has 0 aromatic rings. The summed E-state index contributed by atoms with van der Waals surface area (Å²) in [6.45, 7) is 17.8. The van der Waals surface area contributed by atoms with Crippen LogP contribution in [0.3, 0.4) is 0 Å². The Labute approximate surface area is 116 Å². The molecule has 0 heterocycles. The van der Waals surface area contributed by atoms with Crippen molar-refractivity contribution in [1.29, 1.82) is 0 Å². The maximum Gasteiger partial charge on any atom is 0.0726 e. The summed E-state index contributed by atoms with van der Waals surface area (Å²) in [4.78, 5) is 0. The largest absolute Gasteiger partial charge is 0.0877 e. The molecule has 0 unspecified atom stereocenters. The first-order valence-corrected chi connectivity index (χ1v) is 14.5. The zero-order valence-electron chi connectivity index (χ0n) is 13.3. The van der Waals surface area contributed by atoms with E-state index < -0.39 is 16.1 Å². The molecule has 0 aromatic heterocycles. The van der Waals surface area contributed by atoms with Crippen LogP contribution in [0, 0.1) is 17.8 Å². The van der Waals surface area contributed by atoms with Gasteiger partial charge in [-0.3, -0.25) is 0 Å². The summed E-state index contributed by atoms with van der Waals surface area (Å²) in [6, 6.07) is 0. The Kier molecular flexibility index (Phi) is 3.57. The molecule has 2 aliphatic carbocycles. The molecule has 0 fully saturated rings. The van der Waals surface area contributed by atoms with Gasteiger partial charge < -0.3 is 0 Å². The summed E-state index contributed by atoms with van der Waals surface area (Å²) in [5.41, 5.74) is 0. The molecule has 0 nitrogen and oxygen atoms in total. The summed E-state index contributed by atoms with van der Waals surface area (Å²) in [5, 5.41) is 3.91. The van der Waals surface area contributed by atoms with Gasteiger partial charge in [-0.2, -0.15) is 0 Å². The summed E-state index contributed by atoms with van der Waals surface area (Å²) in [7, 11) is -2.34. The highest BCUT2D eigenvalue weighted by Gasteiger charge is 2.45. The van der Waals surface area contributed by atoms with Crippen molar-refractivity contribution in [2.75, 3.05) is 0 Å². The molecule has 2 aliphatic rings. The Bertz CT molecular complexity index is 390. The second-order valence-electron chi connectivity index (χ2n) is 8.42. The highest BCUT2D eigenvalue weighted by atomic mass is 28.3. The van der Waals surface area contributed by atoms with Gasteiger partial charge in [-0.25, -0.2) is 0 Å². The average Bonchev–Trinajstić information content (AvgIpc) is 2.45. The molecule has 3 atom stereocenters. The van der Waals surface area contributed by atoms with E-state index in [2.05, 4.69) is 58.4 Å². The molecule has 0 N–H and O–H groups in total. The van der Waals surface area contributed by atoms with Gasteiger partial charge in [0, 0.05) is 0 Å². The molecular formula is C16H30Si2. The van der Waals surface area contributed by atoms with Gasteiger partial charge in [0.25, 0.3) is 0 Å². The van der Waals surface area contributed by atoms with Crippen LogP contribution < -0.4 is 0 Å². The molecule has 102 valence electrons. The molecule has 0 saturated heterocycles. The molecule has 0 spiro atoms. The van der Waals surface area contributed by atoms with Crippen LogP contribution in [0.5, 0.6) is 0 Å². The van der Waals surface area contributed by atoms with Crippen LogP contribution in [-0.2, 0) is 0 Å². The molecule has 2 heteroatoms. The van der Waals surface area contributed by atoms with Crippen LogP contribution in [0.4, 0.5) is 0 Å². The van der Waals surface area contributed by atoms with Crippen LogP contribution in [0.2, 0.25) is 39.3 Å². The Morgan fingerprint density at radius 1 is 0.944 bits per heavy atom. The highest BCUT2D eigenvalue weighted by Crippen LogP contribution is 2.50. The van der Waals surface area contributed by atoms with Crippen molar-refractivity contribution in [3.05, 3.63) is 22.5 Å². The van der Waals surface area contributed by atoms with E-state index >= 15 is 0 Å². The first kappa shape index (κ1) is 14.3. The van der Waals surface area contributed by atoms with Gasteiger partial charge in [-0.05, 0) is 30.6 Å². The second kappa shape index (κ2) is 4.48. The van der Waals surface area contributed by atoms with E-state index in [0.29, 0.717) is 0 Å². The minimum atomic E-state index is -1.17. The fourth-order valence-corrected chi connectivity index (χ4v) is 11.2. The maximum absolute atomic E-state index is 2.57. The first-order valence-electron chi connectivity index (χ1n) is 7.54. The van der Waals surface area contributed by atoms with E-state index in [-0.39, 0.29) is 0 Å². The average molecular weight is 279 g/mol. The Hall–Kier alpha value is -0.0862. The maximum atomic E-state index is 2.57. The normalized spacial score (nSPS) is 32.9. The van der Waals surface area contributed by atoms with Crippen molar-refractivity contribution >= 4 is 16.1 Å². The number of allylic oxidation sites excluding steroid dienone is 4. The third kappa shape index (κ3) is 2.46. The Morgan fingerprint density at radius 2 is 1.50 bits per heavy atom. The van der Waals surface area contributed by atoms with Crippen molar-refractivity contribution < 1.29 is 0 Å². The predicted octanol–water partition coefficient (Wildman–Crippen LogP) is 5.27. The van der Waals surface area contributed by atoms with Gasteiger partial charge in [-0.15, -0.1) is 0 Å². The summed E-state index contributed by atoms with van der Waals surface area (Å²) >= 11 is 0. The molecule has 2 bridgehead atoms. The van der Waals surface area contributed by atoms with Gasteiger partial charge in [0.1, 0.15) is 0 Å². The van der Waals surface area contributed by atoms with Crippen LogP contribution in [-0.4, -0.2) is 16.1 Å². The summed E-state index contributed by atoms with van der Waals surface area (Å²) in [5.74, 6) is 2.56. The molecule has 2 rings (SSSR count). The standard InChI is InChI=1S/C16H30Si2/c1-12-9-8-10-13-11-14(12)16(18(5,6)7)15(13)17(2,3)4/h8,10,12-14H,9,11H2,1-7H3/t12-,13-,14-/m0/s1. The number of fused-ring (bicyclic) bond motifs is 2. The molecule has 18 heavy (non-hydrogen) atoms. The predicted molar refractivity (Wildman–Crippen MR) is 88.2 cm³/mol. The fraction of sp³-hybridized carbons (Fsp3) is 0.750. The number of hydrogen-bond acceptors (Lipinski definition) is 0. The summed E-state index contributed by atoms with van der Waals surface area (Å²) in [6.07, 6.45) is 7.75. The van der Waals surface area contributed by atoms with Crippen LogP contribution >= 0.6 is 0 Å². The molecule has 0 aliphatic heterocycles. The van der Waals surface area contributed by atoms with E-state index in [1.54, 1.807) is 0 Å². The minimum absolute atomic E-state index is 0.799. The SMILES string of the molecule is C[C@H]1CC=C[C@H]2C[C@@H]1C([Si](C)(C)C)=C2[Si](C)(C)C. The molecule has 0 amide bonds. The van der Waals surface area contributed by atoms with Crippen LogP contribution in [0.15, 0.2) is 22.5 Å². The van der Waals surface area contributed by atoms with E-state index in [1.807, 2.05) is 10.4 Å². The lowest BCUT2D eigenvalue weighted by Crippen LogP contribution is -2.36. The highest BCUT2D eigenvalue weighted by molar-refractivity contribution is 6.89. The van der Waals surface area contributed by atoms with Crippen molar-refractivity contribution in [3.8, 4) is 0 Å². The lowest BCUT2D eigenvalue weighted by Gasteiger charge is -2.34. The molecule has 0 saturated carbocycles. The number of rotatable bonds is 2. The third-order valence-corrected chi connectivity index (χ3v) is 9.48. The third-order valence-electron chi connectivity index (χ3n) is 4.72. The minimum Gasteiger partial charge on any atom is -0.0877 e. The van der Waals surface area contributed by atoms with Crippen molar-refractivity contribution in [2.45, 2.75) is 59.0 Å². The van der Waals surface area contributed by atoms with Gasteiger partial charge in [0.2, 0.25) is 0 Å². The summed E-state index contributed by atoms with van der Waals surface area (Å²) < 4.78 is 0. The van der Waals surface area contributed by atoms with Crippen LogP contribution in [0.1, 0.15) is 19.8 Å². The lowest BCUT2D eigenvalue weighted by molar-refractivity contribution is 0.413. The van der Waals surface area contributed by atoms with Crippen LogP contribution in [0.25, 0.3) is 0 Å². The van der Waals surface area contributed by atoms with Gasteiger partial charge >= 0.3 is 0 Å². The monoisotopic (exact) mass is 278 g/mol. The van der Waals surface area contributed by atoms with E-state index in [9.17, 15) is 0 Å². The number of hydrogen-bond donors (Lipinski definition) is 0. The Morgan fingerprint density at radius 3 is 2.00 bits per heavy atom. The second-order valence-corrected chi connectivity index (χ2v) is 18.5. The smallest absolute Gasteiger partial charge is 0.0726 e. The van der Waals surface area contributed by atoms with Gasteiger partial charge in [-0.1, -0.05) is 68.8 Å². The van der Waals surface area contributed by atoms with Gasteiger partial charge in [0.15, 0.2) is 0 Å². The lowest BCUT2D eigenvalue weighted by atomic mass is 9.91. The fourth-order valence-electron chi connectivity index (χ4n) is 4.14. The van der Waals surface area contributed by atoms with E-state index in [0.717, 1.165) is 17.8 Å². The van der Waals surface area contributed by atoms with Crippen molar-refractivity contribution in [1.82, 2.24) is 0 Å².